The predicted molar refractivity (Wildman–Crippen MR) is 106 cm³/mol. The van der Waals surface area contributed by atoms with Crippen molar-refractivity contribution in [3.63, 3.8) is 0 Å². The lowest BCUT2D eigenvalue weighted by Gasteiger charge is -2.47. The molecule has 1 spiro atoms. The molecule has 1 fully saturated rings. The highest BCUT2D eigenvalue weighted by Gasteiger charge is 2.43. The number of hydrogen-bond acceptors (Lipinski definition) is 4. The van der Waals surface area contributed by atoms with Crippen molar-refractivity contribution in [1.82, 2.24) is 0 Å². The summed E-state index contributed by atoms with van der Waals surface area (Å²) < 4.78 is 0. The third-order valence-electron chi connectivity index (χ3n) is 5.73. The maximum absolute atomic E-state index is 7.62. The van der Waals surface area contributed by atoms with Crippen LogP contribution in [0.1, 0.15) is 49.7 Å². The van der Waals surface area contributed by atoms with Crippen LogP contribution in [0.25, 0.3) is 0 Å². The van der Waals surface area contributed by atoms with Crippen LogP contribution in [-0.4, -0.2) is 12.4 Å². The van der Waals surface area contributed by atoms with Gasteiger partial charge in [0.15, 0.2) is 0 Å². The van der Waals surface area contributed by atoms with E-state index in [-0.39, 0.29) is 11.3 Å². The van der Waals surface area contributed by atoms with E-state index in [0.717, 1.165) is 6.54 Å². The maximum atomic E-state index is 7.62. The van der Waals surface area contributed by atoms with Gasteiger partial charge in [0.1, 0.15) is 0 Å². The number of nitrogens with two attached hydrogens (primary N) is 1. The summed E-state index contributed by atoms with van der Waals surface area (Å²) in [4.78, 5) is 2.37. The van der Waals surface area contributed by atoms with Crippen molar-refractivity contribution in [2.24, 2.45) is 5.73 Å². The molecule has 1 aliphatic carbocycles. The Balaban J connectivity index is 0.000000948. The van der Waals surface area contributed by atoms with E-state index in [1.54, 1.807) is 0 Å². The van der Waals surface area contributed by atoms with Crippen molar-refractivity contribution >= 4 is 17.2 Å². The van der Waals surface area contributed by atoms with E-state index in [9.17, 15) is 0 Å². The molecule has 1 aliphatic heterocycles. The fourth-order valence-electron chi connectivity index (χ4n) is 4.67. The summed E-state index contributed by atoms with van der Waals surface area (Å²) >= 11 is 0. The molecule has 136 valence electrons. The molecule has 1 heterocycles. The standard InChI is InChI=1S/C21H25N3.H2N2/c22-20(23)12-15-24-18-10-4-2-8-16(18)21(13-6-1-7-14-21)17-9-3-5-11-19(17)24;1-2/h2-5,8-11H,1,6-7,12-15H2,(H3,22,23);1-2H. The van der Waals surface area contributed by atoms with E-state index in [4.69, 9.17) is 22.2 Å². The molecule has 0 bridgehead atoms. The molecule has 0 unspecified atom stereocenters. The summed E-state index contributed by atoms with van der Waals surface area (Å²) in [6.45, 7) is 0.763. The molecule has 26 heavy (non-hydrogen) atoms. The minimum Gasteiger partial charge on any atom is -0.388 e. The molecule has 1 saturated carbocycles. The molecule has 5 nitrogen and oxygen atoms in total. The number of rotatable bonds is 3. The van der Waals surface area contributed by atoms with Gasteiger partial charge in [-0.2, -0.15) is 0 Å². The van der Waals surface area contributed by atoms with Crippen LogP contribution >= 0.6 is 0 Å². The molecule has 2 aliphatic rings. The average Bonchev–Trinajstić information content (AvgIpc) is 2.70. The summed E-state index contributed by atoms with van der Waals surface area (Å²) in [5.41, 5.74) is 21.3. The summed E-state index contributed by atoms with van der Waals surface area (Å²) in [7, 11) is 0. The van der Waals surface area contributed by atoms with Gasteiger partial charge < -0.3 is 10.6 Å². The van der Waals surface area contributed by atoms with Gasteiger partial charge in [0.05, 0.1) is 5.84 Å². The van der Waals surface area contributed by atoms with Crippen LogP contribution in [-0.2, 0) is 5.41 Å². The van der Waals surface area contributed by atoms with E-state index in [1.807, 2.05) is 0 Å². The summed E-state index contributed by atoms with van der Waals surface area (Å²) in [6.07, 6.45) is 7.02. The van der Waals surface area contributed by atoms with Crippen LogP contribution in [0.3, 0.4) is 0 Å². The monoisotopic (exact) mass is 349 g/mol. The first-order chi connectivity index (χ1) is 12.7. The zero-order valence-electron chi connectivity index (χ0n) is 15.1. The van der Waals surface area contributed by atoms with Gasteiger partial charge in [-0.15, -0.1) is 0 Å². The Morgan fingerprint density at radius 3 is 1.88 bits per heavy atom. The molecule has 0 radical (unpaired) electrons. The van der Waals surface area contributed by atoms with Gasteiger partial charge in [0.2, 0.25) is 0 Å². The van der Waals surface area contributed by atoms with Crippen LogP contribution in [0.4, 0.5) is 11.4 Å². The minimum absolute atomic E-state index is 0.165. The Labute approximate surface area is 155 Å². The van der Waals surface area contributed by atoms with E-state index in [0.29, 0.717) is 6.42 Å². The number of para-hydroxylation sites is 2. The van der Waals surface area contributed by atoms with Crippen LogP contribution in [0.2, 0.25) is 0 Å². The van der Waals surface area contributed by atoms with Gasteiger partial charge in [-0.25, -0.2) is 11.1 Å². The average molecular weight is 349 g/mol. The van der Waals surface area contributed by atoms with Crippen LogP contribution in [0, 0.1) is 16.5 Å². The highest BCUT2D eigenvalue weighted by atomic mass is 15.2. The van der Waals surface area contributed by atoms with Crippen LogP contribution in [0.15, 0.2) is 48.5 Å². The van der Waals surface area contributed by atoms with Gasteiger partial charge in [-0.1, -0.05) is 55.7 Å². The lowest BCUT2D eigenvalue weighted by atomic mass is 9.63. The van der Waals surface area contributed by atoms with E-state index < -0.39 is 0 Å². The molecular weight excluding hydrogens is 322 g/mol. The Morgan fingerprint density at radius 1 is 0.885 bits per heavy atom. The smallest absolute Gasteiger partial charge is 0.0923 e. The zero-order chi connectivity index (χ0) is 18.6. The summed E-state index contributed by atoms with van der Waals surface area (Å²) in [5.74, 6) is 0.253. The van der Waals surface area contributed by atoms with Crippen molar-refractivity contribution in [2.45, 2.75) is 43.9 Å². The number of benzene rings is 2. The largest absolute Gasteiger partial charge is 0.388 e. The van der Waals surface area contributed by atoms with Crippen molar-refractivity contribution in [1.29, 1.82) is 16.5 Å². The normalized spacial score (nSPS) is 16.8. The third-order valence-corrected chi connectivity index (χ3v) is 5.73. The molecule has 0 atom stereocenters. The molecular formula is C21H27N5. The number of hydrogen-bond donors (Lipinski definition) is 4. The highest BCUT2D eigenvalue weighted by Crippen LogP contribution is 2.55. The van der Waals surface area contributed by atoms with Crippen molar-refractivity contribution < 1.29 is 0 Å². The molecule has 4 rings (SSSR count). The molecule has 0 aromatic heterocycles. The number of nitrogens with zero attached hydrogens (tertiary/aromatic N) is 1. The maximum Gasteiger partial charge on any atom is 0.0923 e. The Kier molecular flexibility index (Phi) is 5.35. The molecule has 5 N–H and O–H groups in total. The first-order valence-corrected chi connectivity index (χ1v) is 9.27. The van der Waals surface area contributed by atoms with E-state index in [1.165, 1.54) is 54.6 Å². The first kappa shape index (κ1) is 18.1. The Bertz CT molecular complexity index is 730. The van der Waals surface area contributed by atoms with Crippen molar-refractivity contribution in [3.05, 3.63) is 59.7 Å². The van der Waals surface area contributed by atoms with E-state index in [2.05, 4.69) is 53.4 Å². The van der Waals surface area contributed by atoms with Crippen molar-refractivity contribution in [3.8, 4) is 0 Å². The SMILES string of the molecule is N=C(N)CCN1c2ccccc2C2(CCCCC2)c2ccccc21.N=N. The Morgan fingerprint density at radius 2 is 1.38 bits per heavy atom. The Hall–Kier alpha value is -2.69. The topological polar surface area (TPSA) is 101 Å². The molecule has 2 aromatic rings. The first-order valence-electron chi connectivity index (χ1n) is 9.27. The lowest BCUT2D eigenvalue weighted by Crippen LogP contribution is -2.39. The van der Waals surface area contributed by atoms with Gasteiger partial charge in [0, 0.05) is 29.8 Å². The second-order valence-electron chi connectivity index (χ2n) is 7.10. The van der Waals surface area contributed by atoms with E-state index >= 15 is 0 Å². The zero-order valence-corrected chi connectivity index (χ0v) is 15.1. The second kappa shape index (κ2) is 7.68. The third kappa shape index (κ3) is 2.98. The predicted octanol–water partition coefficient (Wildman–Crippen LogP) is 5.31. The fraction of sp³-hybridized carbons (Fsp3) is 0.381. The summed E-state index contributed by atoms with van der Waals surface area (Å²) in [5, 5.41) is 7.62. The van der Waals surface area contributed by atoms with Crippen LogP contribution in [0.5, 0.6) is 0 Å². The summed E-state index contributed by atoms with van der Waals surface area (Å²) in [6, 6.07) is 17.7. The van der Waals surface area contributed by atoms with Gasteiger partial charge in [-0.05, 0) is 36.1 Å². The fourth-order valence-corrected chi connectivity index (χ4v) is 4.67. The lowest BCUT2D eigenvalue weighted by molar-refractivity contribution is 0.343. The van der Waals surface area contributed by atoms with Gasteiger partial charge >= 0.3 is 0 Å². The van der Waals surface area contributed by atoms with Gasteiger partial charge in [-0.3, -0.25) is 5.41 Å². The number of nitrogens with one attached hydrogen (secondary N) is 3. The minimum atomic E-state index is 0.165. The quantitative estimate of drug-likeness (QED) is 0.343. The molecule has 5 heteroatoms. The molecule has 0 saturated heterocycles. The number of fused-ring (bicyclic) bond motifs is 4. The molecule has 0 amide bonds. The van der Waals surface area contributed by atoms with Crippen molar-refractivity contribution in [2.75, 3.05) is 11.4 Å². The molecule has 2 aromatic carbocycles. The highest BCUT2D eigenvalue weighted by molar-refractivity contribution is 5.81. The second-order valence-corrected chi connectivity index (χ2v) is 7.10. The van der Waals surface area contributed by atoms with Crippen LogP contribution < -0.4 is 10.6 Å². The number of amidine groups is 1. The number of anilines is 2. The van der Waals surface area contributed by atoms with Gasteiger partial charge in [0.25, 0.3) is 0 Å².